The van der Waals surface area contributed by atoms with Crippen molar-refractivity contribution in [3.05, 3.63) is 34.3 Å². The molecule has 0 aliphatic rings. The van der Waals surface area contributed by atoms with Crippen LogP contribution in [0.3, 0.4) is 0 Å². The van der Waals surface area contributed by atoms with E-state index in [2.05, 4.69) is 15.9 Å². The van der Waals surface area contributed by atoms with Crippen LogP contribution in [0.1, 0.15) is 25.3 Å². The van der Waals surface area contributed by atoms with Crippen molar-refractivity contribution in [1.82, 2.24) is 0 Å². The van der Waals surface area contributed by atoms with E-state index in [0.717, 1.165) is 10.0 Å². The van der Waals surface area contributed by atoms with E-state index in [-0.39, 0.29) is 6.42 Å². The molecule has 1 unspecified atom stereocenters. The summed E-state index contributed by atoms with van der Waals surface area (Å²) in [6, 6.07) is 9.15. The summed E-state index contributed by atoms with van der Waals surface area (Å²) in [4.78, 5) is 11.3. The third kappa shape index (κ3) is 2.61. The second kappa shape index (κ2) is 5.13. The molecule has 0 amide bonds. The minimum absolute atomic E-state index is 0.235. The van der Waals surface area contributed by atoms with Crippen molar-refractivity contribution in [2.24, 2.45) is 0 Å². The molecule has 1 rings (SSSR count). The van der Waals surface area contributed by atoms with Crippen LogP contribution in [-0.4, -0.2) is 11.1 Å². The molecule has 4 heteroatoms. The van der Waals surface area contributed by atoms with Gasteiger partial charge >= 0.3 is 5.97 Å². The highest BCUT2D eigenvalue weighted by atomic mass is 79.9. The zero-order valence-corrected chi connectivity index (χ0v) is 10.5. The zero-order chi connectivity index (χ0) is 12.2. The number of hydrogen-bond acceptors (Lipinski definition) is 2. The Bertz CT molecular complexity index is 422. The first-order valence-electron chi connectivity index (χ1n) is 4.87. The monoisotopic (exact) mass is 281 g/mol. The number of nitriles is 1. The smallest absolute Gasteiger partial charge is 0.313 e. The van der Waals surface area contributed by atoms with Gasteiger partial charge in [0.05, 0.1) is 11.5 Å². The van der Waals surface area contributed by atoms with Crippen molar-refractivity contribution in [2.75, 3.05) is 0 Å². The molecule has 1 N–H and O–H groups in total. The summed E-state index contributed by atoms with van der Waals surface area (Å²) in [5.41, 5.74) is -0.269. The second-order valence-corrected chi connectivity index (χ2v) is 4.72. The fourth-order valence-electron chi connectivity index (χ4n) is 1.50. The number of nitrogens with zero attached hydrogens (tertiary/aromatic N) is 1. The lowest BCUT2D eigenvalue weighted by Gasteiger charge is -2.24. The second-order valence-electron chi connectivity index (χ2n) is 3.80. The number of carbonyl (C=O) groups is 1. The van der Waals surface area contributed by atoms with Crippen LogP contribution in [0, 0.1) is 11.3 Å². The van der Waals surface area contributed by atoms with Gasteiger partial charge in [-0.2, -0.15) is 5.26 Å². The van der Waals surface area contributed by atoms with Gasteiger partial charge in [-0.15, -0.1) is 0 Å². The molecule has 1 aromatic carbocycles. The highest BCUT2D eigenvalue weighted by Gasteiger charge is 2.34. The summed E-state index contributed by atoms with van der Waals surface area (Å²) in [5.74, 6) is -0.898. The van der Waals surface area contributed by atoms with Crippen LogP contribution in [0.5, 0.6) is 0 Å². The Hall–Kier alpha value is -1.34. The van der Waals surface area contributed by atoms with Gasteiger partial charge in [-0.3, -0.25) is 4.79 Å². The van der Waals surface area contributed by atoms with Gasteiger partial charge in [0.2, 0.25) is 0 Å². The Kier molecular flexibility index (Phi) is 4.08. The van der Waals surface area contributed by atoms with Crippen LogP contribution in [0.15, 0.2) is 28.7 Å². The van der Waals surface area contributed by atoms with Crippen molar-refractivity contribution < 1.29 is 9.90 Å². The number of aliphatic carboxylic acids is 1. The van der Waals surface area contributed by atoms with Gasteiger partial charge in [0.15, 0.2) is 0 Å². The summed E-state index contributed by atoms with van der Waals surface area (Å²) in [5, 5.41) is 17.8. The predicted octanol–water partition coefficient (Wildman–Crippen LogP) is 3.10. The number of carboxylic acid groups (broad SMARTS) is 1. The molecule has 0 aliphatic carbocycles. The summed E-state index contributed by atoms with van der Waals surface area (Å²) >= 11 is 3.30. The van der Waals surface area contributed by atoms with Crippen LogP contribution in [0.25, 0.3) is 0 Å². The quantitative estimate of drug-likeness (QED) is 0.923. The minimum Gasteiger partial charge on any atom is -0.481 e. The molecule has 84 valence electrons. The molecule has 3 nitrogen and oxygen atoms in total. The van der Waals surface area contributed by atoms with E-state index in [1.54, 1.807) is 19.1 Å². The topological polar surface area (TPSA) is 61.1 Å². The van der Waals surface area contributed by atoms with Crippen molar-refractivity contribution >= 4 is 21.9 Å². The van der Waals surface area contributed by atoms with Gasteiger partial charge in [0, 0.05) is 10.9 Å². The summed E-state index contributed by atoms with van der Waals surface area (Å²) in [7, 11) is 0. The molecular formula is C12H12BrNO2. The first-order chi connectivity index (χ1) is 7.50. The van der Waals surface area contributed by atoms with Crippen LogP contribution in [0.2, 0.25) is 0 Å². The van der Waals surface area contributed by atoms with Crippen molar-refractivity contribution in [3.63, 3.8) is 0 Å². The summed E-state index contributed by atoms with van der Waals surface area (Å²) in [6.07, 6.45) is 0.555. The molecule has 1 atom stereocenters. The lowest BCUT2D eigenvalue weighted by molar-refractivity contribution is -0.143. The van der Waals surface area contributed by atoms with Crippen LogP contribution < -0.4 is 0 Å². The van der Waals surface area contributed by atoms with Crippen LogP contribution in [-0.2, 0) is 10.2 Å². The van der Waals surface area contributed by atoms with Gasteiger partial charge in [0.25, 0.3) is 0 Å². The fourth-order valence-corrected chi connectivity index (χ4v) is 1.76. The lowest BCUT2D eigenvalue weighted by atomic mass is 9.79. The van der Waals surface area contributed by atoms with Gasteiger partial charge < -0.3 is 5.11 Å². The standard InChI is InChI=1S/C12H12BrNO2/c1-12(11(15)16,7-2-8-14)9-3-5-10(13)6-4-9/h3-6H,2,7H2,1H3,(H,15,16). The molecular weight excluding hydrogens is 270 g/mol. The molecule has 0 radical (unpaired) electrons. The maximum Gasteiger partial charge on any atom is 0.313 e. The first-order valence-corrected chi connectivity index (χ1v) is 5.66. The third-order valence-corrected chi connectivity index (χ3v) is 3.22. The minimum atomic E-state index is -0.990. The van der Waals surface area contributed by atoms with Gasteiger partial charge in [0.1, 0.15) is 0 Å². The van der Waals surface area contributed by atoms with E-state index in [1.165, 1.54) is 0 Å². The largest absolute Gasteiger partial charge is 0.481 e. The zero-order valence-electron chi connectivity index (χ0n) is 8.90. The summed E-state index contributed by atoms with van der Waals surface area (Å²) < 4.78 is 0.907. The van der Waals surface area contributed by atoms with Crippen molar-refractivity contribution in [1.29, 1.82) is 5.26 Å². The van der Waals surface area contributed by atoms with Gasteiger partial charge in [-0.05, 0) is 31.0 Å². The maximum atomic E-state index is 11.3. The van der Waals surface area contributed by atoms with Crippen molar-refractivity contribution in [3.8, 4) is 6.07 Å². The number of carboxylic acids is 1. The lowest BCUT2D eigenvalue weighted by Crippen LogP contribution is -2.32. The van der Waals surface area contributed by atoms with E-state index in [4.69, 9.17) is 5.26 Å². The molecule has 0 aliphatic heterocycles. The Morgan fingerprint density at radius 2 is 2.06 bits per heavy atom. The fraction of sp³-hybridized carbons (Fsp3) is 0.333. The highest BCUT2D eigenvalue weighted by Crippen LogP contribution is 2.30. The molecule has 0 aromatic heterocycles. The van der Waals surface area contributed by atoms with Crippen LogP contribution >= 0.6 is 15.9 Å². The molecule has 16 heavy (non-hydrogen) atoms. The Labute approximate surface area is 103 Å². The van der Waals surface area contributed by atoms with E-state index in [0.29, 0.717) is 6.42 Å². The van der Waals surface area contributed by atoms with E-state index in [9.17, 15) is 9.90 Å². The molecule has 0 spiro atoms. The number of hydrogen-bond donors (Lipinski definition) is 1. The van der Waals surface area contributed by atoms with Gasteiger partial charge in [-0.1, -0.05) is 28.1 Å². The first kappa shape index (κ1) is 12.7. The molecule has 0 bridgehead atoms. The molecule has 0 heterocycles. The average molecular weight is 282 g/mol. The molecule has 0 saturated carbocycles. The Morgan fingerprint density at radius 3 is 2.50 bits per heavy atom. The molecule has 0 saturated heterocycles. The summed E-state index contributed by atoms with van der Waals surface area (Å²) in [6.45, 7) is 1.65. The van der Waals surface area contributed by atoms with E-state index >= 15 is 0 Å². The van der Waals surface area contributed by atoms with Crippen molar-refractivity contribution in [2.45, 2.75) is 25.2 Å². The predicted molar refractivity (Wildman–Crippen MR) is 64.0 cm³/mol. The Balaban J connectivity index is 3.07. The number of halogens is 1. The normalized spacial score (nSPS) is 13.8. The Morgan fingerprint density at radius 1 is 1.50 bits per heavy atom. The van der Waals surface area contributed by atoms with Crippen LogP contribution in [0.4, 0.5) is 0 Å². The highest BCUT2D eigenvalue weighted by molar-refractivity contribution is 9.10. The van der Waals surface area contributed by atoms with Gasteiger partial charge in [-0.25, -0.2) is 0 Å². The average Bonchev–Trinajstić information content (AvgIpc) is 2.26. The van der Waals surface area contributed by atoms with E-state index in [1.807, 2.05) is 18.2 Å². The SMILES string of the molecule is CC(CCC#N)(C(=O)O)c1ccc(Br)cc1. The number of benzene rings is 1. The third-order valence-electron chi connectivity index (χ3n) is 2.69. The van der Waals surface area contributed by atoms with E-state index < -0.39 is 11.4 Å². The molecule has 1 aromatic rings. The molecule has 0 fully saturated rings. The maximum absolute atomic E-state index is 11.3. The number of rotatable bonds is 4.